The monoisotopic (exact) mass is 1270 g/mol. The first-order chi connectivity index (χ1) is 26.0. The molecule has 0 atom stereocenters. The van der Waals surface area contributed by atoms with Gasteiger partial charge in [-0.1, -0.05) is 0 Å². The zero-order valence-electron chi connectivity index (χ0n) is 28.6. The molecule has 0 aromatic rings. The molecule has 0 radical (unpaired) electrons. The third kappa shape index (κ3) is 129000. The molecule has 0 aromatic heterocycles. The lowest BCUT2D eigenvalue weighted by atomic mass is 15.8. The van der Waals surface area contributed by atoms with Crippen LogP contribution in [0.25, 0.3) is 0 Å². The van der Waals surface area contributed by atoms with Gasteiger partial charge in [-0.05, 0) is 0 Å². The molecule has 0 saturated carbocycles. The van der Waals surface area contributed by atoms with Crippen molar-refractivity contribution >= 4 is 102 Å². The maximum absolute atomic E-state index is 8.88. The highest BCUT2D eigenvalue weighted by atomic mass is 31.2. The van der Waals surface area contributed by atoms with E-state index in [4.69, 9.17) is 250 Å². The van der Waals surface area contributed by atoms with Crippen LogP contribution in [0, 0.1) is 0 Å². The first-order valence-electron chi connectivity index (χ1n) is 10.2. The van der Waals surface area contributed by atoms with Crippen molar-refractivity contribution in [1.29, 1.82) is 0 Å². The first-order valence-corrected chi connectivity index (χ1v) is 30.5. The van der Waals surface area contributed by atoms with E-state index >= 15 is 0 Å². The van der Waals surface area contributed by atoms with E-state index in [2.05, 4.69) is 0 Å². The van der Waals surface area contributed by atoms with Gasteiger partial charge < -0.3 is 191 Å². The summed E-state index contributed by atoms with van der Waals surface area (Å²) in [5.74, 6) is 0. The number of hydrogen-bond acceptors (Lipinski definition) is 13. The average molecular weight is 1270 g/mol. The van der Waals surface area contributed by atoms with Gasteiger partial charge in [0.05, 0.1) is 0 Å². The Morgan fingerprint density at radius 1 is 0.0923 bits per heavy atom. The fourth-order valence-electron chi connectivity index (χ4n) is 0. The molecule has 0 amide bonds. The molecule has 416 valence electrons. The predicted octanol–water partition coefficient (Wildman–Crippen LogP) is -12.1. The van der Waals surface area contributed by atoms with Gasteiger partial charge in [-0.15, -0.1) is 0 Å². The highest BCUT2D eigenvalue weighted by Gasteiger charge is 2.05. The Labute approximate surface area is 352 Å². The van der Waals surface area contributed by atoms with Crippen LogP contribution in [0.5, 0.6) is 0 Å². The molecule has 0 fully saturated rings. The Kier molecular flexibility index (Phi) is 66.0. The van der Waals surface area contributed by atoms with Crippen LogP contribution < -0.4 is 0 Å². The minimum absolute atomic E-state index is 4.64. The van der Waals surface area contributed by atoms with E-state index in [1.165, 1.54) is 0 Å². The van der Waals surface area contributed by atoms with Crippen LogP contribution in [-0.4, -0.2) is 191 Å². The Hall–Kier alpha value is 1.43. The highest BCUT2D eigenvalue weighted by molar-refractivity contribution is 7.47. The molecule has 0 aliphatic heterocycles. The van der Waals surface area contributed by atoms with Gasteiger partial charge in [0, 0.05) is 0 Å². The van der Waals surface area contributed by atoms with E-state index in [0.29, 0.717) is 0 Å². The summed E-state index contributed by atoms with van der Waals surface area (Å²) >= 11 is 0. The van der Waals surface area contributed by atoms with Crippen molar-refractivity contribution < 1.29 is 250 Å². The van der Waals surface area contributed by atoms with Crippen LogP contribution in [0.15, 0.2) is 0 Å². The third-order valence-corrected chi connectivity index (χ3v) is 0. The normalized spacial score (nSPS) is 11.8. The van der Waals surface area contributed by atoms with Gasteiger partial charge in [-0.25, -0.2) is 59.3 Å². The maximum atomic E-state index is 8.88. The number of phosphoric acid groups is 13. The molecule has 0 bridgehead atoms. The molecule has 0 aromatic carbocycles. The molecule has 39 N–H and O–H groups in total. The van der Waals surface area contributed by atoms with E-state index < -0.39 is 102 Å². The Balaban J connectivity index is -0.0000000410. The van der Waals surface area contributed by atoms with Gasteiger partial charge in [0.1, 0.15) is 0 Å². The lowest BCUT2D eigenvalue weighted by Gasteiger charge is -1.82. The molecule has 0 aliphatic carbocycles. The van der Waals surface area contributed by atoms with Crippen molar-refractivity contribution in [2.24, 2.45) is 0 Å². The van der Waals surface area contributed by atoms with Crippen LogP contribution in [-0.2, 0) is 59.3 Å². The molecular weight excluding hydrogens is 1230 g/mol. The summed E-state index contributed by atoms with van der Waals surface area (Å²) in [6.45, 7) is 0. The second-order valence-corrected chi connectivity index (χ2v) is 20.0. The Morgan fingerprint density at radius 2 is 0.0923 bits per heavy atom. The van der Waals surface area contributed by atoms with E-state index in [9.17, 15) is 0 Å². The summed E-state index contributed by atoms with van der Waals surface area (Å²) in [5.41, 5.74) is 0. The third-order valence-electron chi connectivity index (χ3n) is 0. The quantitative estimate of drug-likeness (QED) is 0.100. The van der Waals surface area contributed by atoms with E-state index in [0.717, 1.165) is 0 Å². The van der Waals surface area contributed by atoms with Gasteiger partial charge >= 0.3 is 102 Å². The van der Waals surface area contributed by atoms with Crippen molar-refractivity contribution in [3.05, 3.63) is 0 Å². The minimum Gasteiger partial charge on any atom is -0.303 e. The highest BCUT2D eigenvalue weighted by Crippen LogP contribution is 2.30. The van der Waals surface area contributed by atoms with Gasteiger partial charge in [0.25, 0.3) is 0 Å². The zero-order valence-corrected chi connectivity index (χ0v) is 40.2. The van der Waals surface area contributed by atoms with E-state index in [-0.39, 0.29) is 0 Å². The van der Waals surface area contributed by atoms with Crippen LogP contribution in [0.4, 0.5) is 0 Å². The second kappa shape index (κ2) is 43.1. The fraction of sp³-hybridized carbons (Fsp3) is 0. The zero-order chi connectivity index (χ0) is 58.5. The standard InChI is InChI=1S/13H3O4P/c13*1-5(2,3)4/h13*(H3,1,2,3,4). The topological polar surface area (TPSA) is 1010 Å². The molecule has 0 saturated heterocycles. The van der Waals surface area contributed by atoms with Crippen LogP contribution in [0.2, 0.25) is 0 Å². The molecule has 65 heteroatoms. The molecule has 0 rings (SSSR count). The van der Waals surface area contributed by atoms with Crippen LogP contribution in [0.3, 0.4) is 0 Å². The lowest BCUT2D eigenvalue weighted by molar-refractivity contribution is 0.272. The van der Waals surface area contributed by atoms with Crippen molar-refractivity contribution in [2.75, 3.05) is 0 Å². The largest absolute Gasteiger partial charge is 0.466 e. The second-order valence-electron chi connectivity index (χ2n) is 6.67. The molecule has 52 nitrogen and oxygen atoms in total. The summed E-state index contributed by atoms with van der Waals surface area (Å²) in [6.07, 6.45) is 0. The Morgan fingerprint density at radius 3 is 0.0923 bits per heavy atom. The first kappa shape index (κ1) is 99.6. The van der Waals surface area contributed by atoms with E-state index in [1.54, 1.807) is 0 Å². The SMILES string of the molecule is O=P(O)(O)O.O=P(O)(O)O.O=P(O)(O)O.O=P(O)(O)O.O=P(O)(O)O.O=P(O)(O)O.O=P(O)(O)O.O=P(O)(O)O.O=P(O)(O)O.O=P(O)(O)O.O=P(O)(O)O.O=P(O)(O)O.O=P(O)(O)O. The summed E-state index contributed by atoms with van der Waals surface area (Å²) in [4.78, 5) is 280. The van der Waals surface area contributed by atoms with Crippen molar-refractivity contribution in [3.8, 4) is 0 Å². The average Bonchev–Trinajstić information content (AvgIpc) is 2.54. The van der Waals surface area contributed by atoms with E-state index in [1.807, 2.05) is 0 Å². The number of rotatable bonds is 0. The van der Waals surface area contributed by atoms with Gasteiger partial charge in [-0.2, -0.15) is 0 Å². The fourth-order valence-corrected chi connectivity index (χ4v) is 0. The summed E-state index contributed by atoms with van der Waals surface area (Å²) in [5, 5.41) is 0. The van der Waals surface area contributed by atoms with Crippen molar-refractivity contribution in [1.82, 2.24) is 0 Å². The summed E-state index contributed by atoms with van der Waals surface area (Å²) in [6, 6.07) is 0. The van der Waals surface area contributed by atoms with Gasteiger partial charge in [-0.3, -0.25) is 0 Å². The van der Waals surface area contributed by atoms with Gasteiger partial charge in [0.2, 0.25) is 0 Å². The molecule has 0 unspecified atom stereocenters. The molecule has 0 spiro atoms. The Bertz CT molecular complexity index is 1130. The van der Waals surface area contributed by atoms with Crippen molar-refractivity contribution in [3.63, 3.8) is 0 Å². The van der Waals surface area contributed by atoms with Gasteiger partial charge in [0.15, 0.2) is 0 Å². The molecule has 65 heavy (non-hydrogen) atoms. The summed E-state index contributed by atoms with van der Waals surface area (Å²) < 4.78 is 115. The maximum Gasteiger partial charge on any atom is 0.466 e. The minimum atomic E-state index is -4.64. The predicted molar refractivity (Wildman–Crippen MR) is 185 cm³/mol. The smallest absolute Gasteiger partial charge is 0.303 e. The van der Waals surface area contributed by atoms with Crippen molar-refractivity contribution in [2.45, 2.75) is 0 Å². The molecule has 0 heterocycles. The lowest BCUT2D eigenvalue weighted by Crippen LogP contribution is -1.66. The number of hydrogen-bond donors (Lipinski definition) is 39. The van der Waals surface area contributed by atoms with Crippen LogP contribution in [0.1, 0.15) is 0 Å². The summed E-state index contributed by atoms with van der Waals surface area (Å²) in [7, 11) is -60.3. The van der Waals surface area contributed by atoms with Crippen LogP contribution >= 0.6 is 102 Å². The molecular formula is H39O52P13. The molecule has 0 aliphatic rings.